The van der Waals surface area contributed by atoms with E-state index < -0.39 is 5.60 Å². The zero-order valence-corrected chi connectivity index (χ0v) is 22.2. The molecule has 0 aliphatic heterocycles. The standard InChI is InChI=1S/C32H40O5/c1-23(33)36-14-3-4-15-37-32(28-10-7-24(8-11-28)9-12-30(34)35-2)13-5-6-29(22-32)31-19-25-16-26(20-31)18-27(17-25)21-31/h5-13,25-27H,3-4,14-22H2,1-2H3. The van der Waals surface area contributed by atoms with E-state index in [4.69, 9.17) is 14.2 Å². The lowest BCUT2D eigenvalue weighted by molar-refractivity contribution is -0.141. The van der Waals surface area contributed by atoms with Crippen LogP contribution < -0.4 is 0 Å². The van der Waals surface area contributed by atoms with Gasteiger partial charge in [-0.1, -0.05) is 42.0 Å². The molecule has 0 radical (unpaired) electrons. The summed E-state index contributed by atoms with van der Waals surface area (Å²) in [6.45, 7) is 2.48. The number of esters is 2. The van der Waals surface area contributed by atoms with Crippen LogP contribution >= 0.6 is 0 Å². The summed E-state index contributed by atoms with van der Waals surface area (Å²) in [5, 5.41) is 0. The van der Waals surface area contributed by atoms with Crippen LogP contribution in [-0.2, 0) is 29.4 Å². The average Bonchev–Trinajstić information content (AvgIpc) is 2.89. The second kappa shape index (κ2) is 11.0. The number of carbonyl (C=O) groups is 2. The Morgan fingerprint density at radius 3 is 2.24 bits per heavy atom. The van der Waals surface area contributed by atoms with Gasteiger partial charge in [0, 0.05) is 26.0 Å². The van der Waals surface area contributed by atoms with Gasteiger partial charge in [0.15, 0.2) is 0 Å². The minimum Gasteiger partial charge on any atom is -0.466 e. The molecular formula is C32H40O5. The Morgan fingerprint density at radius 2 is 1.62 bits per heavy atom. The highest BCUT2D eigenvalue weighted by Gasteiger charge is 2.53. The Morgan fingerprint density at radius 1 is 0.973 bits per heavy atom. The van der Waals surface area contributed by atoms with Gasteiger partial charge in [0.1, 0.15) is 5.60 Å². The van der Waals surface area contributed by atoms with Crippen LogP contribution in [0.4, 0.5) is 0 Å². The number of carbonyl (C=O) groups excluding carboxylic acids is 2. The number of hydrogen-bond donors (Lipinski definition) is 0. The van der Waals surface area contributed by atoms with Gasteiger partial charge in [-0.2, -0.15) is 0 Å². The molecule has 0 aromatic heterocycles. The fraction of sp³-hybridized carbons (Fsp3) is 0.562. The second-order valence-electron chi connectivity index (χ2n) is 11.7. The monoisotopic (exact) mass is 504 g/mol. The Balaban J connectivity index is 1.35. The number of ether oxygens (including phenoxy) is 3. The topological polar surface area (TPSA) is 61.8 Å². The lowest BCUT2D eigenvalue weighted by atomic mass is 9.47. The van der Waals surface area contributed by atoms with Gasteiger partial charge in [0.2, 0.25) is 0 Å². The predicted octanol–water partition coefficient (Wildman–Crippen LogP) is 6.53. The molecule has 5 heteroatoms. The second-order valence-corrected chi connectivity index (χ2v) is 11.7. The van der Waals surface area contributed by atoms with E-state index in [1.165, 1.54) is 58.6 Å². The Labute approximate surface area is 220 Å². The first-order chi connectivity index (χ1) is 17.9. The molecule has 1 atom stereocenters. The van der Waals surface area contributed by atoms with Crippen molar-refractivity contribution in [2.75, 3.05) is 20.3 Å². The van der Waals surface area contributed by atoms with Gasteiger partial charge in [0.25, 0.3) is 0 Å². The van der Waals surface area contributed by atoms with Gasteiger partial charge in [-0.05, 0) is 97.8 Å². The van der Waals surface area contributed by atoms with E-state index in [0.717, 1.165) is 48.1 Å². The van der Waals surface area contributed by atoms with Crippen LogP contribution in [0.1, 0.15) is 75.8 Å². The first kappa shape index (κ1) is 26.0. The van der Waals surface area contributed by atoms with Crippen LogP contribution in [0.15, 0.2) is 54.1 Å². The molecule has 5 aliphatic carbocycles. The Hall–Kier alpha value is -2.66. The quantitative estimate of drug-likeness (QED) is 0.206. The fourth-order valence-corrected chi connectivity index (χ4v) is 7.75. The molecule has 1 unspecified atom stereocenters. The summed E-state index contributed by atoms with van der Waals surface area (Å²) < 4.78 is 16.6. The lowest BCUT2D eigenvalue weighted by Gasteiger charge is -2.58. The molecule has 5 aliphatic rings. The number of unbranched alkanes of at least 4 members (excludes halogenated alkanes) is 1. The van der Waals surface area contributed by atoms with Crippen molar-refractivity contribution in [1.82, 2.24) is 0 Å². The third-order valence-corrected chi connectivity index (χ3v) is 9.05. The summed E-state index contributed by atoms with van der Waals surface area (Å²) in [6, 6.07) is 8.33. The molecular weight excluding hydrogens is 464 g/mol. The van der Waals surface area contributed by atoms with Crippen molar-refractivity contribution in [2.45, 2.75) is 70.3 Å². The summed E-state index contributed by atoms with van der Waals surface area (Å²) in [5.74, 6) is 2.10. The van der Waals surface area contributed by atoms with Crippen molar-refractivity contribution in [3.8, 4) is 0 Å². The third-order valence-electron chi connectivity index (χ3n) is 9.05. The molecule has 0 amide bonds. The number of benzene rings is 1. The van der Waals surface area contributed by atoms with Crippen LogP contribution in [0.5, 0.6) is 0 Å². The molecule has 198 valence electrons. The number of rotatable bonds is 10. The third kappa shape index (κ3) is 5.77. The van der Waals surface area contributed by atoms with Crippen molar-refractivity contribution in [1.29, 1.82) is 0 Å². The van der Waals surface area contributed by atoms with E-state index in [1.54, 1.807) is 11.6 Å². The molecule has 6 rings (SSSR count). The van der Waals surface area contributed by atoms with Gasteiger partial charge in [0.05, 0.1) is 13.7 Å². The molecule has 4 fully saturated rings. The molecule has 0 heterocycles. The molecule has 4 saturated carbocycles. The number of hydrogen-bond acceptors (Lipinski definition) is 5. The molecule has 1 aromatic rings. The summed E-state index contributed by atoms with van der Waals surface area (Å²) in [4.78, 5) is 22.6. The van der Waals surface area contributed by atoms with Crippen LogP contribution in [0.2, 0.25) is 0 Å². The smallest absolute Gasteiger partial charge is 0.330 e. The summed E-state index contributed by atoms with van der Waals surface area (Å²) in [6.07, 6.45) is 20.9. The summed E-state index contributed by atoms with van der Waals surface area (Å²) >= 11 is 0. The van der Waals surface area contributed by atoms with Gasteiger partial charge >= 0.3 is 11.9 Å². The van der Waals surface area contributed by atoms with Gasteiger partial charge in [-0.3, -0.25) is 4.79 Å². The zero-order valence-electron chi connectivity index (χ0n) is 22.2. The van der Waals surface area contributed by atoms with E-state index in [-0.39, 0.29) is 11.9 Å². The molecule has 5 nitrogen and oxygen atoms in total. The molecule has 37 heavy (non-hydrogen) atoms. The van der Waals surface area contributed by atoms with Gasteiger partial charge < -0.3 is 14.2 Å². The maximum absolute atomic E-state index is 11.5. The lowest BCUT2D eigenvalue weighted by Crippen LogP contribution is -2.48. The zero-order chi connectivity index (χ0) is 25.9. The normalized spacial score (nSPS) is 31.9. The molecule has 0 N–H and O–H groups in total. The van der Waals surface area contributed by atoms with Gasteiger partial charge in [-0.25, -0.2) is 4.79 Å². The minimum atomic E-state index is -0.514. The Bertz CT molecular complexity index is 1040. The van der Waals surface area contributed by atoms with E-state index in [0.29, 0.717) is 18.6 Å². The summed E-state index contributed by atoms with van der Waals surface area (Å²) in [7, 11) is 1.38. The van der Waals surface area contributed by atoms with E-state index >= 15 is 0 Å². The van der Waals surface area contributed by atoms with Crippen molar-refractivity contribution in [3.05, 3.63) is 65.3 Å². The first-order valence-corrected chi connectivity index (χ1v) is 13.9. The molecule has 4 bridgehead atoms. The number of methoxy groups -OCH3 is 1. The highest BCUT2D eigenvalue weighted by Crippen LogP contribution is 2.64. The SMILES string of the molecule is COC(=O)C=Cc1ccc(C2(OCCCCOC(C)=O)C=CC=C(C34CC5CC(CC(C5)C3)C4)C2)cc1. The van der Waals surface area contributed by atoms with Crippen LogP contribution in [0, 0.1) is 23.2 Å². The van der Waals surface area contributed by atoms with Crippen LogP contribution in [0.25, 0.3) is 6.08 Å². The average molecular weight is 505 g/mol. The highest BCUT2D eigenvalue weighted by atomic mass is 16.5. The molecule has 0 saturated heterocycles. The first-order valence-electron chi connectivity index (χ1n) is 13.9. The van der Waals surface area contributed by atoms with Crippen molar-refractivity contribution >= 4 is 18.0 Å². The fourth-order valence-electron chi connectivity index (χ4n) is 7.75. The van der Waals surface area contributed by atoms with E-state index in [9.17, 15) is 9.59 Å². The van der Waals surface area contributed by atoms with Crippen molar-refractivity contribution < 1.29 is 23.8 Å². The predicted molar refractivity (Wildman–Crippen MR) is 143 cm³/mol. The van der Waals surface area contributed by atoms with Crippen molar-refractivity contribution in [3.63, 3.8) is 0 Å². The maximum atomic E-state index is 11.5. The van der Waals surface area contributed by atoms with E-state index in [1.807, 2.05) is 12.1 Å². The number of allylic oxidation sites excluding steroid dienone is 2. The highest BCUT2D eigenvalue weighted by molar-refractivity contribution is 5.86. The summed E-state index contributed by atoms with van der Waals surface area (Å²) in [5.41, 5.74) is 3.48. The van der Waals surface area contributed by atoms with Crippen LogP contribution in [-0.4, -0.2) is 32.3 Å². The van der Waals surface area contributed by atoms with E-state index in [2.05, 4.69) is 30.4 Å². The molecule has 0 spiro atoms. The van der Waals surface area contributed by atoms with Gasteiger partial charge in [-0.15, -0.1) is 0 Å². The minimum absolute atomic E-state index is 0.237. The largest absolute Gasteiger partial charge is 0.466 e. The molecule has 1 aromatic carbocycles. The Kier molecular flexibility index (Phi) is 7.71. The van der Waals surface area contributed by atoms with Crippen molar-refractivity contribution in [2.24, 2.45) is 23.2 Å². The van der Waals surface area contributed by atoms with Crippen LogP contribution in [0.3, 0.4) is 0 Å². The maximum Gasteiger partial charge on any atom is 0.330 e.